The monoisotopic (exact) mass is 648 g/mol. The Hall–Kier alpha value is -2.85. The molecule has 4 aromatic carbocycles. The lowest BCUT2D eigenvalue weighted by atomic mass is 10.1. The minimum absolute atomic E-state index is 0.108. The molecule has 4 aromatic rings. The Kier molecular flexibility index (Phi) is 8.56. The van der Waals surface area contributed by atoms with Gasteiger partial charge in [0.15, 0.2) is 0 Å². The first-order chi connectivity index (χ1) is 19.2. The van der Waals surface area contributed by atoms with Crippen LogP contribution in [0.5, 0.6) is 0 Å². The molecular formula is C28H16Cl4N2O4S2. The molecule has 6 nitrogen and oxygen atoms in total. The fourth-order valence-electron chi connectivity index (χ4n) is 4.09. The van der Waals surface area contributed by atoms with Crippen molar-refractivity contribution in [2.45, 2.75) is 14.7 Å². The molecule has 40 heavy (non-hydrogen) atoms. The fraction of sp³-hybridized carbons (Fsp3) is 0.0357. The number of carbonyl (C=O) groups excluding carboxylic acids is 2. The van der Waals surface area contributed by atoms with E-state index in [4.69, 9.17) is 46.4 Å². The SMILES string of the molecule is O=C(O)c1c(Cl)c(Cl)c(Cl)c(Cl)c1C(=O)Nc1cccc(SCC(=O)N2c3ccccc3Sc3ccccc32)c1. The molecule has 0 radical (unpaired) electrons. The molecule has 0 unspecified atom stereocenters. The minimum Gasteiger partial charge on any atom is -0.478 e. The Morgan fingerprint density at radius 3 is 1.95 bits per heavy atom. The maximum absolute atomic E-state index is 13.5. The predicted octanol–water partition coefficient (Wildman–Crippen LogP) is 9.17. The number of carbonyl (C=O) groups is 3. The molecule has 2 N–H and O–H groups in total. The van der Waals surface area contributed by atoms with Crippen molar-refractivity contribution in [3.05, 3.63) is 104 Å². The number of fused-ring (bicyclic) bond motifs is 2. The Morgan fingerprint density at radius 2 is 1.35 bits per heavy atom. The van der Waals surface area contributed by atoms with Gasteiger partial charge in [-0.25, -0.2) is 4.79 Å². The van der Waals surface area contributed by atoms with Crippen LogP contribution in [0.15, 0.2) is 87.5 Å². The van der Waals surface area contributed by atoms with E-state index in [0.29, 0.717) is 10.6 Å². The number of para-hydroxylation sites is 2. The molecule has 5 rings (SSSR count). The van der Waals surface area contributed by atoms with Gasteiger partial charge in [0.1, 0.15) is 0 Å². The first kappa shape index (κ1) is 28.7. The maximum Gasteiger partial charge on any atom is 0.338 e. The first-order valence-electron chi connectivity index (χ1n) is 11.5. The van der Waals surface area contributed by atoms with Crippen LogP contribution in [0.2, 0.25) is 20.1 Å². The summed E-state index contributed by atoms with van der Waals surface area (Å²) in [4.78, 5) is 42.9. The second-order valence-electron chi connectivity index (χ2n) is 8.35. The van der Waals surface area contributed by atoms with Crippen LogP contribution < -0.4 is 10.2 Å². The van der Waals surface area contributed by atoms with Gasteiger partial charge in [-0.2, -0.15) is 0 Å². The third-order valence-electron chi connectivity index (χ3n) is 5.84. The Labute approximate surface area is 257 Å². The number of carboxylic acid groups (broad SMARTS) is 1. The lowest BCUT2D eigenvalue weighted by molar-refractivity contribution is -0.115. The van der Waals surface area contributed by atoms with Crippen LogP contribution in [-0.4, -0.2) is 28.6 Å². The largest absolute Gasteiger partial charge is 0.478 e. The van der Waals surface area contributed by atoms with Crippen LogP contribution in [0.25, 0.3) is 0 Å². The van der Waals surface area contributed by atoms with E-state index in [9.17, 15) is 19.5 Å². The minimum atomic E-state index is -1.49. The van der Waals surface area contributed by atoms with E-state index >= 15 is 0 Å². The van der Waals surface area contributed by atoms with Crippen molar-refractivity contribution in [1.82, 2.24) is 0 Å². The number of thioether (sulfide) groups is 1. The normalized spacial score (nSPS) is 11.9. The summed E-state index contributed by atoms with van der Waals surface area (Å²) in [7, 11) is 0. The van der Waals surface area contributed by atoms with Gasteiger partial charge in [-0.15, -0.1) is 11.8 Å². The van der Waals surface area contributed by atoms with E-state index in [0.717, 1.165) is 21.2 Å². The van der Waals surface area contributed by atoms with E-state index in [1.807, 2.05) is 48.5 Å². The van der Waals surface area contributed by atoms with Gasteiger partial charge in [-0.1, -0.05) is 88.5 Å². The molecule has 0 saturated carbocycles. The lowest BCUT2D eigenvalue weighted by Gasteiger charge is -2.31. The molecule has 12 heteroatoms. The Morgan fingerprint density at radius 1 is 0.775 bits per heavy atom. The third kappa shape index (κ3) is 5.52. The molecule has 2 amide bonds. The van der Waals surface area contributed by atoms with Crippen LogP contribution in [0.3, 0.4) is 0 Å². The Balaban J connectivity index is 1.36. The number of amides is 2. The molecule has 1 aliphatic heterocycles. The molecule has 0 aliphatic carbocycles. The number of nitrogens with one attached hydrogen (secondary N) is 1. The number of anilines is 3. The number of rotatable bonds is 6. The fourth-order valence-corrected chi connectivity index (χ4v) is 6.97. The van der Waals surface area contributed by atoms with Crippen molar-refractivity contribution in [2.75, 3.05) is 16.0 Å². The van der Waals surface area contributed by atoms with E-state index in [1.54, 1.807) is 40.9 Å². The van der Waals surface area contributed by atoms with E-state index < -0.39 is 28.0 Å². The van der Waals surface area contributed by atoms with Crippen LogP contribution in [-0.2, 0) is 4.79 Å². The van der Waals surface area contributed by atoms with Gasteiger partial charge in [0, 0.05) is 20.4 Å². The topological polar surface area (TPSA) is 86.7 Å². The highest BCUT2D eigenvalue weighted by molar-refractivity contribution is 8.00. The molecule has 0 fully saturated rings. The van der Waals surface area contributed by atoms with Gasteiger partial charge in [0.25, 0.3) is 5.91 Å². The number of benzene rings is 4. The number of nitrogens with zero attached hydrogens (tertiary/aromatic N) is 1. The summed E-state index contributed by atoms with van der Waals surface area (Å²) in [5, 5.41) is 11.0. The summed E-state index contributed by atoms with van der Waals surface area (Å²) < 4.78 is 0. The number of carboxylic acids is 1. The maximum atomic E-state index is 13.5. The zero-order chi connectivity index (χ0) is 28.6. The standard InChI is InChI=1S/C28H16Cl4N2O4S2/c29-23-21(22(28(37)38)24(30)26(32)25(23)31)27(36)33-14-6-5-7-15(12-14)39-13-20(35)34-16-8-1-3-10-18(16)40-19-11-4-2-9-17(19)34/h1-12H,13H2,(H,33,36)(H,37,38). The number of aromatic carboxylic acids is 1. The van der Waals surface area contributed by atoms with E-state index in [1.165, 1.54) is 11.8 Å². The molecule has 0 aromatic heterocycles. The average molecular weight is 650 g/mol. The second kappa shape index (κ2) is 11.9. The van der Waals surface area contributed by atoms with Gasteiger partial charge in [-0.3, -0.25) is 14.5 Å². The number of halogens is 4. The highest BCUT2D eigenvalue weighted by atomic mass is 35.5. The molecule has 0 saturated heterocycles. The summed E-state index contributed by atoms with van der Waals surface area (Å²) in [5.74, 6) is -2.30. The van der Waals surface area contributed by atoms with Crippen molar-refractivity contribution in [1.29, 1.82) is 0 Å². The van der Waals surface area contributed by atoms with Gasteiger partial charge in [-0.05, 0) is 42.5 Å². The average Bonchev–Trinajstić information content (AvgIpc) is 2.95. The summed E-state index contributed by atoms with van der Waals surface area (Å²) in [6.07, 6.45) is 0. The first-order valence-corrected chi connectivity index (χ1v) is 14.8. The highest BCUT2D eigenvalue weighted by Gasteiger charge is 2.30. The summed E-state index contributed by atoms with van der Waals surface area (Å²) in [6, 6.07) is 22.3. The number of hydrogen-bond donors (Lipinski definition) is 2. The molecule has 0 bridgehead atoms. The summed E-state index contributed by atoms with van der Waals surface area (Å²) in [5.41, 5.74) is 1.02. The van der Waals surface area contributed by atoms with Crippen molar-refractivity contribution < 1.29 is 19.5 Å². The summed E-state index contributed by atoms with van der Waals surface area (Å²) >= 11 is 27.2. The quantitative estimate of drug-likeness (QED) is 0.123. The van der Waals surface area contributed by atoms with E-state index in [2.05, 4.69) is 5.32 Å². The van der Waals surface area contributed by atoms with Crippen molar-refractivity contribution in [3.63, 3.8) is 0 Å². The summed E-state index contributed by atoms with van der Waals surface area (Å²) in [6.45, 7) is 0. The molecule has 0 atom stereocenters. The third-order valence-corrected chi connectivity index (χ3v) is 9.75. The molecular weight excluding hydrogens is 634 g/mol. The van der Waals surface area contributed by atoms with Crippen molar-refractivity contribution in [2.24, 2.45) is 0 Å². The smallest absolute Gasteiger partial charge is 0.338 e. The molecule has 202 valence electrons. The van der Waals surface area contributed by atoms with E-state index in [-0.39, 0.29) is 26.7 Å². The van der Waals surface area contributed by atoms with Crippen LogP contribution >= 0.6 is 69.9 Å². The van der Waals surface area contributed by atoms with Gasteiger partial charge >= 0.3 is 5.97 Å². The van der Waals surface area contributed by atoms with Crippen molar-refractivity contribution >= 4 is 105 Å². The molecule has 1 heterocycles. The lowest BCUT2D eigenvalue weighted by Crippen LogP contribution is -2.29. The number of hydrogen-bond acceptors (Lipinski definition) is 5. The zero-order valence-corrected chi connectivity index (χ0v) is 24.7. The second-order valence-corrected chi connectivity index (χ2v) is 12.0. The van der Waals surface area contributed by atoms with Crippen LogP contribution in [0, 0.1) is 0 Å². The van der Waals surface area contributed by atoms with Crippen LogP contribution in [0.1, 0.15) is 20.7 Å². The predicted molar refractivity (Wildman–Crippen MR) is 163 cm³/mol. The van der Waals surface area contributed by atoms with Gasteiger partial charge in [0.05, 0.1) is 48.3 Å². The highest BCUT2D eigenvalue weighted by Crippen LogP contribution is 2.48. The van der Waals surface area contributed by atoms with Gasteiger partial charge < -0.3 is 10.4 Å². The van der Waals surface area contributed by atoms with Gasteiger partial charge in [0.2, 0.25) is 5.91 Å². The molecule has 0 spiro atoms. The molecule has 1 aliphatic rings. The zero-order valence-electron chi connectivity index (χ0n) is 20.1. The Bertz CT molecular complexity index is 1650. The van der Waals surface area contributed by atoms with Crippen molar-refractivity contribution in [3.8, 4) is 0 Å². The van der Waals surface area contributed by atoms with Crippen LogP contribution in [0.4, 0.5) is 17.1 Å².